The van der Waals surface area contributed by atoms with E-state index < -0.39 is 0 Å². The molecule has 1 nitrogen and oxygen atoms in total. The van der Waals surface area contributed by atoms with Crippen LogP contribution >= 0.6 is 0 Å². The molecule has 0 N–H and O–H groups in total. The zero-order chi connectivity index (χ0) is 15.0. The van der Waals surface area contributed by atoms with Crippen LogP contribution in [-0.2, 0) is 0 Å². The first-order valence-electron chi connectivity index (χ1n) is 9.26. The van der Waals surface area contributed by atoms with Crippen LogP contribution in [0.2, 0.25) is 0 Å². The van der Waals surface area contributed by atoms with Crippen LogP contribution in [0.15, 0.2) is 0 Å². The van der Waals surface area contributed by atoms with E-state index in [0.29, 0.717) is 0 Å². The van der Waals surface area contributed by atoms with Gasteiger partial charge >= 0.3 is 0 Å². The highest BCUT2D eigenvalue weighted by atomic mass is 15.1. The van der Waals surface area contributed by atoms with Crippen LogP contribution in [0.1, 0.15) is 79.6 Å². The molecule has 0 radical (unpaired) electrons. The maximum atomic E-state index is 2.55. The van der Waals surface area contributed by atoms with Gasteiger partial charge in [-0.15, -0.1) is 0 Å². The van der Waals surface area contributed by atoms with E-state index in [9.17, 15) is 0 Å². The van der Waals surface area contributed by atoms with Crippen molar-refractivity contribution in [2.75, 3.05) is 19.6 Å². The Balaban J connectivity index is 0.000000204. The van der Waals surface area contributed by atoms with Crippen molar-refractivity contribution in [2.45, 2.75) is 79.6 Å². The molecular formula is C19H39N. The molecule has 0 spiro atoms. The highest BCUT2D eigenvalue weighted by molar-refractivity contribution is 4.73. The summed E-state index contributed by atoms with van der Waals surface area (Å²) >= 11 is 0. The molecule has 1 saturated carbocycles. The molecule has 0 bridgehead atoms. The molecule has 0 aromatic heterocycles. The fourth-order valence-electron chi connectivity index (χ4n) is 3.74. The fraction of sp³-hybridized carbons (Fsp3) is 1.00. The smallest absolute Gasteiger partial charge is 0.00161 e. The summed E-state index contributed by atoms with van der Waals surface area (Å²) in [6.45, 7) is 15.6. The summed E-state index contributed by atoms with van der Waals surface area (Å²) in [5, 5.41) is 0. The Morgan fingerprint density at radius 3 is 1.55 bits per heavy atom. The van der Waals surface area contributed by atoms with Gasteiger partial charge in [-0.05, 0) is 56.1 Å². The maximum absolute atomic E-state index is 2.55. The summed E-state index contributed by atoms with van der Waals surface area (Å²) in [4.78, 5) is 2.55. The predicted octanol–water partition coefficient (Wildman–Crippen LogP) is 5.60. The molecule has 0 atom stereocenters. The van der Waals surface area contributed by atoms with Gasteiger partial charge in [-0.2, -0.15) is 0 Å². The molecule has 0 unspecified atom stereocenters. The van der Waals surface area contributed by atoms with Gasteiger partial charge in [0.05, 0.1) is 0 Å². The fourth-order valence-corrected chi connectivity index (χ4v) is 3.74. The molecule has 2 fully saturated rings. The van der Waals surface area contributed by atoms with Crippen molar-refractivity contribution in [2.24, 2.45) is 23.7 Å². The normalized spacial score (nSPS) is 22.9. The second-order valence-electron chi connectivity index (χ2n) is 7.66. The molecule has 1 heterocycles. The zero-order valence-electron chi connectivity index (χ0n) is 14.8. The van der Waals surface area contributed by atoms with Crippen molar-refractivity contribution in [1.29, 1.82) is 0 Å². The lowest BCUT2D eigenvalue weighted by Crippen LogP contribution is -2.34. The number of hydrogen-bond acceptors (Lipinski definition) is 1. The van der Waals surface area contributed by atoms with E-state index in [1.165, 1.54) is 64.6 Å². The van der Waals surface area contributed by atoms with Crippen LogP contribution in [0.4, 0.5) is 0 Å². The van der Waals surface area contributed by atoms with Crippen molar-refractivity contribution < 1.29 is 0 Å². The first-order valence-corrected chi connectivity index (χ1v) is 9.26. The van der Waals surface area contributed by atoms with Gasteiger partial charge in [0.1, 0.15) is 0 Å². The standard InChI is InChI=1S/C10H21N.C9H18/c1-4-11-7-5-10(6-8-11)9(2)3;1-8(2)9-6-4-3-5-7-9/h9-10H,4-8H2,1-3H3;8-9H,3-7H2,1-2H3. The molecule has 1 aliphatic heterocycles. The molecule has 2 aliphatic rings. The molecular weight excluding hydrogens is 242 g/mol. The third-order valence-corrected chi connectivity index (χ3v) is 5.61. The van der Waals surface area contributed by atoms with E-state index in [2.05, 4.69) is 39.5 Å². The van der Waals surface area contributed by atoms with Gasteiger partial charge in [-0.3, -0.25) is 0 Å². The molecule has 1 aliphatic carbocycles. The monoisotopic (exact) mass is 281 g/mol. The van der Waals surface area contributed by atoms with Gasteiger partial charge in [0, 0.05) is 0 Å². The molecule has 0 aromatic rings. The van der Waals surface area contributed by atoms with Crippen LogP contribution < -0.4 is 0 Å². The average Bonchev–Trinajstić information content (AvgIpc) is 2.49. The number of hydrogen-bond donors (Lipinski definition) is 0. The van der Waals surface area contributed by atoms with Crippen LogP contribution in [0, 0.1) is 23.7 Å². The Morgan fingerprint density at radius 2 is 1.20 bits per heavy atom. The third-order valence-electron chi connectivity index (χ3n) is 5.61. The minimum Gasteiger partial charge on any atom is -0.304 e. The highest BCUT2D eigenvalue weighted by Crippen LogP contribution is 2.29. The lowest BCUT2D eigenvalue weighted by atomic mass is 9.82. The lowest BCUT2D eigenvalue weighted by Gasteiger charge is -2.32. The first-order chi connectivity index (χ1) is 9.54. The van der Waals surface area contributed by atoms with Crippen molar-refractivity contribution >= 4 is 0 Å². The summed E-state index contributed by atoms with van der Waals surface area (Å²) in [7, 11) is 0. The molecule has 0 amide bonds. The van der Waals surface area contributed by atoms with Gasteiger partial charge in [0.15, 0.2) is 0 Å². The van der Waals surface area contributed by atoms with Crippen LogP contribution in [0.5, 0.6) is 0 Å². The lowest BCUT2D eigenvalue weighted by molar-refractivity contribution is 0.164. The van der Waals surface area contributed by atoms with Crippen LogP contribution in [0.25, 0.3) is 0 Å². The largest absolute Gasteiger partial charge is 0.304 e. The number of nitrogens with zero attached hydrogens (tertiary/aromatic N) is 1. The Hall–Kier alpha value is -0.0400. The summed E-state index contributed by atoms with van der Waals surface area (Å²) in [6.07, 6.45) is 10.3. The highest BCUT2D eigenvalue weighted by Gasteiger charge is 2.20. The van der Waals surface area contributed by atoms with Gasteiger partial charge in [-0.1, -0.05) is 66.7 Å². The van der Waals surface area contributed by atoms with Crippen molar-refractivity contribution in [3.05, 3.63) is 0 Å². The van der Waals surface area contributed by atoms with Crippen molar-refractivity contribution in [3.63, 3.8) is 0 Å². The number of piperidine rings is 1. The summed E-state index contributed by atoms with van der Waals surface area (Å²) in [5.74, 6) is 3.89. The number of likely N-dealkylation sites (tertiary alicyclic amines) is 1. The van der Waals surface area contributed by atoms with Gasteiger partial charge < -0.3 is 4.90 Å². The van der Waals surface area contributed by atoms with E-state index in [0.717, 1.165) is 23.7 Å². The molecule has 1 saturated heterocycles. The second kappa shape index (κ2) is 9.82. The van der Waals surface area contributed by atoms with Crippen molar-refractivity contribution in [3.8, 4) is 0 Å². The van der Waals surface area contributed by atoms with Crippen LogP contribution in [0.3, 0.4) is 0 Å². The SMILES string of the molecule is CC(C)C1CCCCC1.CCN1CCC(C(C)C)CC1. The van der Waals surface area contributed by atoms with Gasteiger partial charge in [0.25, 0.3) is 0 Å². The topological polar surface area (TPSA) is 3.24 Å². The minimum atomic E-state index is 0.897. The Bertz CT molecular complexity index is 220. The average molecular weight is 282 g/mol. The van der Waals surface area contributed by atoms with Gasteiger partial charge in [0.2, 0.25) is 0 Å². The molecule has 20 heavy (non-hydrogen) atoms. The molecule has 2 rings (SSSR count). The van der Waals surface area contributed by atoms with E-state index in [1.54, 1.807) is 0 Å². The molecule has 0 aromatic carbocycles. The van der Waals surface area contributed by atoms with Crippen LogP contribution in [-0.4, -0.2) is 24.5 Å². The quantitative estimate of drug-likeness (QED) is 0.651. The van der Waals surface area contributed by atoms with Crippen molar-refractivity contribution in [1.82, 2.24) is 4.90 Å². The summed E-state index contributed by atoms with van der Waals surface area (Å²) in [6, 6.07) is 0. The Kier molecular flexibility index (Phi) is 8.84. The minimum absolute atomic E-state index is 0.897. The van der Waals surface area contributed by atoms with E-state index >= 15 is 0 Å². The number of rotatable bonds is 3. The van der Waals surface area contributed by atoms with E-state index in [4.69, 9.17) is 0 Å². The molecule has 120 valence electrons. The Morgan fingerprint density at radius 1 is 0.750 bits per heavy atom. The maximum Gasteiger partial charge on any atom is -0.00161 e. The summed E-state index contributed by atoms with van der Waals surface area (Å²) < 4.78 is 0. The third kappa shape index (κ3) is 6.61. The second-order valence-corrected chi connectivity index (χ2v) is 7.66. The zero-order valence-corrected chi connectivity index (χ0v) is 14.8. The van der Waals surface area contributed by atoms with E-state index in [-0.39, 0.29) is 0 Å². The Labute approximate surface area is 128 Å². The molecule has 1 heteroatoms. The van der Waals surface area contributed by atoms with E-state index in [1.807, 2.05) is 0 Å². The summed E-state index contributed by atoms with van der Waals surface area (Å²) in [5.41, 5.74) is 0. The van der Waals surface area contributed by atoms with Gasteiger partial charge in [-0.25, -0.2) is 0 Å². The first kappa shape index (κ1) is 18.0. The predicted molar refractivity (Wildman–Crippen MR) is 91.1 cm³/mol.